The number of piperidine rings is 4. The minimum absolute atomic E-state index is 0.528. The topological polar surface area (TPSA) is 18.5 Å². The first kappa shape index (κ1) is 13.9. The maximum absolute atomic E-state index is 4.12. The average Bonchev–Trinajstić information content (AvgIpc) is 2.60. The van der Waals surface area contributed by atoms with E-state index in [0.29, 0.717) is 11.6 Å². The molecular weight excluding hydrogens is 282 g/mol. The molecule has 3 nitrogen and oxygen atoms in total. The second-order valence-electron chi connectivity index (χ2n) is 9.29. The Kier molecular flexibility index (Phi) is 2.91. The number of rotatable bonds is 0. The highest BCUT2D eigenvalue weighted by molar-refractivity contribution is 5.32. The first-order valence-corrected chi connectivity index (χ1v) is 10.3. The lowest BCUT2D eigenvalue weighted by molar-refractivity contribution is -0.140. The highest BCUT2D eigenvalue weighted by atomic mass is 15.4. The molecule has 5 heterocycles. The van der Waals surface area contributed by atoms with Crippen molar-refractivity contribution < 1.29 is 0 Å². The van der Waals surface area contributed by atoms with Crippen LogP contribution < -0.4 is 5.32 Å². The zero-order chi connectivity index (χ0) is 15.0. The number of nitrogens with zero attached hydrogens (tertiary/aromatic N) is 2. The summed E-state index contributed by atoms with van der Waals surface area (Å²) in [5.74, 6) is 0.857. The van der Waals surface area contributed by atoms with E-state index in [-0.39, 0.29) is 0 Å². The third-order valence-corrected chi connectivity index (χ3v) is 8.27. The van der Waals surface area contributed by atoms with E-state index in [1.165, 1.54) is 77.4 Å². The fraction of sp³-hybridized carbons (Fsp3) is 0.900. The van der Waals surface area contributed by atoms with E-state index >= 15 is 0 Å². The van der Waals surface area contributed by atoms with Crippen molar-refractivity contribution in [2.24, 2.45) is 11.3 Å². The Bertz CT molecular complexity index is 543. The molecule has 23 heavy (non-hydrogen) atoms. The van der Waals surface area contributed by atoms with Crippen molar-refractivity contribution >= 4 is 0 Å². The Labute approximate surface area is 140 Å². The fourth-order valence-electron chi connectivity index (χ4n) is 7.59. The predicted molar refractivity (Wildman–Crippen MR) is 92.1 cm³/mol. The summed E-state index contributed by atoms with van der Waals surface area (Å²) in [6.07, 6.45) is 16.3. The zero-order valence-corrected chi connectivity index (χ0v) is 14.3. The highest BCUT2D eigenvalue weighted by Gasteiger charge is 2.61. The molecule has 6 rings (SSSR count). The van der Waals surface area contributed by atoms with Crippen molar-refractivity contribution in [1.29, 1.82) is 0 Å². The van der Waals surface area contributed by atoms with Crippen molar-refractivity contribution in [3.63, 3.8) is 0 Å². The van der Waals surface area contributed by atoms with Crippen LogP contribution in [0.15, 0.2) is 11.6 Å². The van der Waals surface area contributed by atoms with Crippen molar-refractivity contribution in [3.05, 3.63) is 11.6 Å². The molecule has 0 aromatic carbocycles. The van der Waals surface area contributed by atoms with Gasteiger partial charge in [-0.2, -0.15) is 0 Å². The Balaban J connectivity index is 1.49. The van der Waals surface area contributed by atoms with Gasteiger partial charge in [0, 0.05) is 36.6 Å². The lowest BCUT2D eigenvalue weighted by atomic mass is 9.54. The van der Waals surface area contributed by atoms with E-state index in [0.717, 1.165) is 24.0 Å². The predicted octanol–water partition coefficient (Wildman–Crippen LogP) is 2.73. The zero-order valence-electron chi connectivity index (χ0n) is 14.3. The molecule has 1 N–H and O–H groups in total. The molecule has 5 saturated heterocycles. The van der Waals surface area contributed by atoms with Crippen LogP contribution in [0.1, 0.15) is 57.8 Å². The molecule has 4 bridgehead atoms. The molecule has 1 spiro atoms. The van der Waals surface area contributed by atoms with E-state index in [9.17, 15) is 0 Å². The van der Waals surface area contributed by atoms with Gasteiger partial charge in [0.2, 0.25) is 0 Å². The summed E-state index contributed by atoms with van der Waals surface area (Å²) in [6.45, 7) is 4.09. The van der Waals surface area contributed by atoms with Crippen molar-refractivity contribution in [2.45, 2.75) is 82.1 Å². The molecule has 0 saturated carbocycles. The SMILES string of the molecule is C1=C2CCCN3[C@H]4CCC[C@@H](N4)[C@@]4(C[C@H]1[C@H]1CCCCN1C4)[C@@H]23. The maximum atomic E-state index is 4.12. The summed E-state index contributed by atoms with van der Waals surface area (Å²) in [5.41, 5.74) is 2.39. The summed E-state index contributed by atoms with van der Waals surface area (Å²) in [4.78, 5) is 5.83. The fourth-order valence-corrected chi connectivity index (χ4v) is 7.59. The van der Waals surface area contributed by atoms with Gasteiger partial charge in [0.25, 0.3) is 0 Å². The Morgan fingerprint density at radius 1 is 1.04 bits per heavy atom. The molecule has 126 valence electrons. The van der Waals surface area contributed by atoms with Crippen LogP contribution in [0.3, 0.4) is 0 Å². The second-order valence-corrected chi connectivity index (χ2v) is 9.29. The number of hydrogen-bond acceptors (Lipinski definition) is 3. The Hall–Kier alpha value is -0.380. The minimum Gasteiger partial charge on any atom is -0.299 e. The smallest absolute Gasteiger partial charge is 0.0604 e. The maximum Gasteiger partial charge on any atom is 0.0604 e. The molecule has 0 aromatic heterocycles. The summed E-state index contributed by atoms with van der Waals surface area (Å²) >= 11 is 0. The lowest BCUT2D eigenvalue weighted by Crippen LogP contribution is -2.78. The number of hydrogen-bond donors (Lipinski definition) is 1. The van der Waals surface area contributed by atoms with Crippen molar-refractivity contribution in [1.82, 2.24) is 15.1 Å². The van der Waals surface area contributed by atoms with E-state index in [2.05, 4.69) is 21.2 Å². The first-order chi connectivity index (χ1) is 11.4. The van der Waals surface area contributed by atoms with Gasteiger partial charge in [-0.3, -0.25) is 15.1 Å². The lowest BCUT2D eigenvalue weighted by Gasteiger charge is -2.68. The Morgan fingerprint density at radius 3 is 3.04 bits per heavy atom. The molecule has 5 fully saturated rings. The van der Waals surface area contributed by atoms with Crippen molar-refractivity contribution in [3.8, 4) is 0 Å². The van der Waals surface area contributed by atoms with Crippen molar-refractivity contribution in [2.75, 3.05) is 19.6 Å². The van der Waals surface area contributed by atoms with Gasteiger partial charge in [-0.25, -0.2) is 0 Å². The van der Waals surface area contributed by atoms with Gasteiger partial charge in [0.15, 0.2) is 0 Å². The van der Waals surface area contributed by atoms with Crippen LogP contribution in [-0.2, 0) is 0 Å². The molecule has 0 radical (unpaired) electrons. The van der Waals surface area contributed by atoms with Gasteiger partial charge >= 0.3 is 0 Å². The van der Waals surface area contributed by atoms with Crippen LogP contribution in [-0.4, -0.2) is 53.7 Å². The highest BCUT2D eigenvalue weighted by Crippen LogP contribution is 2.57. The van der Waals surface area contributed by atoms with Crippen LogP contribution in [0.25, 0.3) is 0 Å². The molecule has 3 heteroatoms. The monoisotopic (exact) mass is 313 g/mol. The molecule has 0 amide bonds. The van der Waals surface area contributed by atoms with Gasteiger partial charge in [-0.1, -0.05) is 18.1 Å². The van der Waals surface area contributed by atoms with E-state index in [4.69, 9.17) is 0 Å². The third kappa shape index (κ3) is 1.77. The third-order valence-electron chi connectivity index (χ3n) is 8.27. The largest absolute Gasteiger partial charge is 0.299 e. The van der Waals surface area contributed by atoms with Gasteiger partial charge in [-0.15, -0.1) is 0 Å². The summed E-state index contributed by atoms with van der Waals surface area (Å²) in [5, 5.41) is 4.12. The van der Waals surface area contributed by atoms with E-state index < -0.39 is 0 Å². The Morgan fingerprint density at radius 2 is 2.04 bits per heavy atom. The van der Waals surface area contributed by atoms with Gasteiger partial charge < -0.3 is 0 Å². The molecule has 6 atom stereocenters. The summed E-state index contributed by atoms with van der Waals surface area (Å²) < 4.78 is 0. The van der Waals surface area contributed by atoms with E-state index in [1.807, 2.05) is 5.57 Å². The quantitative estimate of drug-likeness (QED) is 0.694. The number of fused-ring (bicyclic) bond motifs is 6. The van der Waals surface area contributed by atoms with Crippen LogP contribution in [0.4, 0.5) is 0 Å². The molecule has 1 aliphatic carbocycles. The van der Waals surface area contributed by atoms with Crippen LogP contribution in [0.2, 0.25) is 0 Å². The molecule has 6 aliphatic rings. The minimum atomic E-state index is 0.528. The molecule has 5 aliphatic heterocycles. The molecule has 0 aromatic rings. The molecular formula is C20H31N3. The van der Waals surface area contributed by atoms with Gasteiger partial charge in [0.1, 0.15) is 0 Å². The average molecular weight is 313 g/mol. The summed E-state index contributed by atoms with van der Waals surface area (Å²) in [6, 6.07) is 2.45. The van der Waals surface area contributed by atoms with Crippen LogP contribution in [0.5, 0.6) is 0 Å². The second kappa shape index (κ2) is 4.83. The van der Waals surface area contributed by atoms with Gasteiger partial charge in [-0.05, 0) is 63.8 Å². The summed E-state index contributed by atoms with van der Waals surface area (Å²) in [7, 11) is 0. The van der Waals surface area contributed by atoms with Crippen LogP contribution >= 0.6 is 0 Å². The first-order valence-electron chi connectivity index (χ1n) is 10.3. The standard InChI is InChI=1S/C20H31N3/c1-2-9-22-13-20-12-15(16(22)6-1)11-14-5-4-10-23(19(14)20)18-8-3-7-17(20)21-18/h11,15-19,21H,1-10,12-13H2/t15-,16+,17+,18-,19+,20-/m0/s1. The van der Waals surface area contributed by atoms with Gasteiger partial charge in [0.05, 0.1) is 6.17 Å². The normalized spacial score (nSPS) is 52.3. The van der Waals surface area contributed by atoms with E-state index in [1.54, 1.807) is 0 Å². The molecule has 0 unspecified atom stereocenters. The van der Waals surface area contributed by atoms with Crippen LogP contribution in [0, 0.1) is 11.3 Å². The number of nitrogens with one attached hydrogen (secondary N) is 1.